The highest BCUT2D eigenvalue weighted by Crippen LogP contribution is 2.15. The number of hydrogen-bond acceptors (Lipinski definition) is 2. The lowest BCUT2D eigenvalue weighted by molar-refractivity contribution is 0.360. The van der Waals surface area contributed by atoms with Crippen molar-refractivity contribution in [2.75, 3.05) is 0 Å². The Labute approximate surface area is 191 Å². The van der Waals surface area contributed by atoms with Crippen molar-refractivity contribution in [2.45, 2.75) is 58.5 Å². The van der Waals surface area contributed by atoms with Gasteiger partial charge in [-0.25, -0.2) is 4.39 Å². The first kappa shape index (κ1) is 23.6. The van der Waals surface area contributed by atoms with E-state index in [4.69, 9.17) is 0 Å². The predicted octanol–water partition coefficient (Wildman–Crippen LogP) is 7.58. The van der Waals surface area contributed by atoms with Gasteiger partial charge < -0.3 is 0 Å². The molecule has 32 heavy (non-hydrogen) atoms. The smallest absolute Gasteiger partial charge is 0.101 e. The number of halogens is 1. The average molecular weight is 429 g/mol. The van der Waals surface area contributed by atoms with Crippen molar-refractivity contribution < 1.29 is 4.39 Å². The standard InChI is InChI=1S/C29H33FN2/c1-3-4-5-7-12-25-13-10-11-16-28(25)22-31-32-29(26-14-8-6-9-15-26)27-19-17-24(18-20-27)21-23(2)30/h6,8-11,13-20,22-23H,3-5,7,12,21H2,1-2H3. The Morgan fingerprint density at radius 1 is 0.844 bits per heavy atom. The zero-order chi connectivity index (χ0) is 22.6. The molecule has 1 unspecified atom stereocenters. The number of aryl methyl sites for hydroxylation is 1. The molecule has 0 aliphatic heterocycles. The lowest BCUT2D eigenvalue weighted by Gasteiger charge is -2.08. The van der Waals surface area contributed by atoms with Gasteiger partial charge in [0.2, 0.25) is 0 Å². The normalized spacial score (nSPS) is 12.9. The first-order chi connectivity index (χ1) is 15.7. The zero-order valence-corrected chi connectivity index (χ0v) is 19.2. The summed E-state index contributed by atoms with van der Waals surface area (Å²) in [6.45, 7) is 3.82. The predicted molar refractivity (Wildman–Crippen MR) is 135 cm³/mol. The molecule has 3 aromatic rings. The van der Waals surface area contributed by atoms with Gasteiger partial charge >= 0.3 is 0 Å². The summed E-state index contributed by atoms with van der Waals surface area (Å²) in [6, 6.07) is 26.4. The third-order valence-corrected chi connectivity index (χ3v) is 5.50. The highest BCUT2D eigenvalue weighted by atomic mass is 19.1. The van der Waals surface area contributed by atoms with Gasteiger partial charge in [0.1, 0.15) is 11.9 Å². The van der Waals surface area contributed by atoms with Crippen LogP contribution in [0.1, 0.15) is 67.3 Å². The molecule has 0 N–H and O–H groups in total. The van der Waals surface area contributed by atoms with Gasteiger partial charge in [0.05, 0.1) is 6.21 Å². The molecule has 3 rings (SSSR count). The molecule has 0 heterocycles. The second kappa shape index (κ2) is 12.7. The van der Waals surface area contributed by atoms with Crippen LogP contribution in [0, 0.1) is 0 Å². The maximum atomic E-state index is 13.3. The number of nitrogens with zero attached hydrogens (tertiary/aromatic N) is 2. The second-order valence-corrected chi connectivity index (χ2v) is 8.25. The molecule has 0 aliphatic rings. The zero-order valence-electron chi connectivity index (χ0n) is 19.2. The molecule has 0 aromatic heterocycles. The van der Waals surface area contributed by atoms with Crippen LogP contribution in [0.3, 0.4) is 0 Å². The van der Waals surface area contributed by atoms with Crippen LogP contribution >= 0.6 is 0 Å². The van der Waals surface area contributed by atoms with E-state index in [0.717, 1.165) is 34.4 Å². The van der Waals surface area contributed by atoms with E-state index in [0.29, 0.717) is 6.42 Å². The molecule has 0 amide bonds. The molecule has 0 saturated heterocycles. The Hall–Kier alpha value is -3.07. The molecule has 0 bridgehead atoms. The molecule has 0 radical (unpaired) electrons. The summed E-state index contributed by atoms with van der Waals surface area (Å²) in [5, 5.41) is 9.09. The largest absolute Gasteiger partial charge is 0.247 e. The minimum absolute atomic E-state index is 0.422. The minimum atomic E-state index is -0.852. The van der Waals surface area contributed by atoms with Gasteiger partial charge in [-0.05, 0) is 36.5 Å². The van der Waals surface area contributed by atoms with Crippen molar-refractivity contribution in [3.8, 4) is 0 Å². The van der Waals surface area contributed by atoms with Gasteiger partial charge in [-0.2, -0.15) is 5.10 Å². The van der Waals surface area contributed by atoms with E-state index in [1.54, 1.807) is 6.92 Å². The van der Waals surface area contributed by atoms with E-state index in [9.17, 15) is 4.39 Å². The number of alkyl halides is 1. The van der Waals surface area contributed by atoms with Crippen molar-refractivity contribution in [3.05, 3.63) is 107 Å². The molecule has 3 aromatic carbocycles. The molecular weight excluding hydrogens is 395 g/mol. The van der Waals surface area contributed by atoms with Crippen LogP contribution in [0.15, 0.2) is 89.1 Å². The Morgan fingerprint density at radius 3 is 2.25 bits per heavy atom. The van der Waals surface area contributed by atoms with Crippen LogP contribution < -0.4 is 0 Å². The van der Waals surface area contributed by atoms with Gasteiger partial charge in [0, 0.05) is 17.5 Å². The Kier molecular flexibility index (Phi) is 9.37. The Morgan fingerprint density at radius 2 is 1.53 bits per heavy atom. The summed E-state index contributed by atoms with van der Waals surface area (Å²) in [4.78, 5) is 0. The van der Waals surface area contributed by atoms with Gasteiger partial charge in [-0.3, -0.25) is 0 Å². The first-order valence-corrected chi connectivity index (χ1v) is 11.6. The molecule has 1 atom stereocenters. The summed E-state index contributed by atoms with van der Waals surface area (Å²) in [7, 11) is 0. The van der Waals surface area contributed by atoms with Gasteiger partial charge in [0.25, 0.3) is 0 Å². The fourth-order valence-electron chi connectivity index (χ4n) is 3.78. The molecule has 3 heteroatoms. The number of hydrogen-bond donors (Lipinski definition) is 0. The van der Waals surface area contributed by atoms with Crippen LogP contribution in [-0.2, 0) is 12.8 Å². The quantitative estimate of drug-likeness (QED) is 0.171. The third kappa shape index (κ3) is 7.26. The lowest BCUT2D eigenvalue weighted by atomic mass is 10.00. The van der Waals surface area contributed by atoms with Gasteiger partial charge in [-0.15, -0.1) is 5.10 Å². The molecule has 166 valence electrons. The van der Waals surface area contributed by atoms with Crippen LogP contribution in [0.4, 0.5) is 4.39 Å². The van der Waals surface area contributed by atoms with Crippen LogP contribution in [0.2, 0.25) is 0 Å². The average Bonchev–Trinajstić information content (AvgIpc) is 2.81. The van der Waals surface area contributed by atoms with E-state index in [1.165, 1.54) is 31.2 Å². The highest BCUT2D eigenvalue weighted by molar-refractivity contribution is 6.13. The Bertz CT molecular complexity index is 1000. The van der Waals surface area contributed by atoms with Crippen LogP contribution in [0.25, 0.3) is 0 Å². The number of unbranched alkanes of at least 4 members (excludes halogenated alkanes) is 3. The highest BCUT2D eigenvalue weighted by Gasteiger charge is 2.08. The SMILES string of the molecule is CCCCCCc1ccccc1C=NN=C(c1ccccc1)c1ccc(CC(C)F)cc1. The maximum absolute atomic E-state index is 13.3. The minimum Gasteiger partial charge on any atom is -0.247 e. The van der Waals surface area contributed by atoms with E-state index in [1.807, 2.05) is 66.9 Å². The van der Waals surface area contributed by atoms with Crippen molar-refractivity contribution >= 4 is 11.9 Å². The molecule has 0 spiro atoms. The molecular formula is C29H33FN2. The van der Waals surface area contributed by atoms with Crippen molar-refractivity contribution in [3.63, 3.8) is 0 Å². The lowest BCUT2D eigenvalue weighted by Crippen LogP contribution is -2.04. The maximum Gasteiger partial charge on any atom is 0.101 e. The molecule has 0 saturated carbocycles. The van der Waals surface area contributed by atoms with Gasteiger partial charge in [0.15, 0.2) is 0 Å². The molecule has 2 nitrogen and oxygen atoms in total. The monoisotopic (exact) mass is 428 g/mol. The van der Waals surface area contributed by atoms with E-state index in [-0.39, 0.29) is 0 Å². The summed E-state index contributed by atoms with van der Waals surface area (Å²) >= 11 is 0. The summed E-state index contributed by atoms with van der Waals surface area (Å²) < 4.78 is 13.3. The summed E-state index contributed by atoms with van der Waals surface area (Å²) in [6.07, 6.45) is 7.47. The first-order valence-electron chi connectivity index (χ1n) is 11.6. The van der Waals surface area contributed by atoms with E-state index < -0.39 is 6.17 Å². The van der Waals surface area contributed by atoms with Crippen molar-refractivity contribution in [1.82, 2.24) is 0 Å². The topological polar surface area (TPSA) is 24.7 Å². The Balaban J connectivity index is 1.84. The van der Waals surface area contributed by atoms with Gasteiger partial charge in [-0.1, -0.05) is 105 Å². The van der Waals surface area contributed by atoms with Crippen LogP contribution in [-0.4, -0.2) is 18.1 Å². The van der Waals surface area contributed by atoms with Crippen molar-refractivity contribution in [2.24, 2.45) is 10.2 Å². The molecule has 0 aliphatic carbocycles. The molecule has 0 fully saturated rings. The number of benzene rings is 3. The van der Waals surface area contributed by atoms with Crippen LogP contribution in [0.5, 0.6) is 0 Å². The summed E-state index contributed by atoms with van der Waals surface area (Å²) in [5.74, 6) is 0. The number of rotatable bonds is 11. The van der Waals surface area contributed by atoms with Crippen molar-refractivity contribution in [1.29, 1.82) is 0 Å². The fourth-order valence-corrected chi connectivity index (χ4v) is 3.78. The fraction of sp³-hybridized carbons (Fsp3) is 0.310. The van der Waals surface area contributed by atoms with E-state index in [2.05, 4.69) is 35.3 Å². The second-order valence-electron chi connectivity index (χ2n) is 8.25. The van der Waals surface area contributed by atoms with E-state index >= 15 is 0 Å². The summed E-state index contributed by atoms with van der Waals surface area (Å²) in [5.41, 5.74) is 6.19. The third-order valence-electron chi connectivity index (χ3n) is 5.50.